The summed E-state index contributed by atoms with van der Waals surface area (Å²) in [5.41, 5.74) is -0.285. The first-order chi connectivity index (χ1) is 11.7. The van der Waals surface area contributed by atoms with E-state index in [-0.39, 0.29) is 34.6 Å². The Labute approximate surface area is 141 Å². The smallest absolute Gasteiger partial charge is 0.200 e. The van der Waals surface area contributed by atoms with Crippen molar-refractivity contribution in [1.29, 1.82) is 5.26 Å². The molecule has 9 heteroatoms. The van der Waals surface area contributed by atoms with Gasteiger partial charge < -0.3 is 4.74 Å². The molecule has 0 bridgehead atoms. The number of sulfone groups is 1. The van der Waals surface area contributed by atoms with Gasteiger partial charge in [-0.15, -0.1) is 0 Å². The van der Waals surface area contributed by atoms with E-state index in [1.165, 1.54) is 6.07 Å². The minimum Gasteiger partial charge on any atom is -0.455 e. The van der Waals surface area contributed by atoms with Crippen LogP contribution < -0.4 is 4.74 Å². The van der Waals surface area contributed by atoms with Gasteiger partial charge in [-0.3, -0.25) is 4.79 Å². The van der Waals surface area contributed by atoms with E-state index in [4.69, 9.17) is 10.00 Å². The highest BCUT2D eigenvalue weighted by atomic mass is 32.2. The molecule has 1 unspecified atom stereocenters. The van der Waals surface area contributed by atoms with E-state index in [1.807, 2.05) is 0 Å². The number of ketones is 1. The molecule has 1 atom stereocenters. The van der Waals surface area contributed by atoms with Crippen LogP contribution in [-0.4, -0.2) is 31.6 Å². The van der Waals surface area contributed by atoms with Gasteiger partial charge in [0.2, 0.25) is 5.78 Å². The third-order valence-corrected chi connectivity index (χ3v) is 4.62. The van der Waals surface area contributed by atoms with Crippen LogP contribution in [0.5, 0.6) is 11.5 Å². The van der Waals surface area contributed by atoms with Crippen molar-refractivity contribution < 1.29 is 26.7 Å². The number of Topliss-reactive ketones (excluding diaryl/α,β-unsaturated/α-hetero) is 1. The van der Waals surface area contributed by atoms with Crippen LogP contribution in [0.2, 0.25) is 0 Å². The zero-order chi connectivity index (χ0) is 18.4. The van der Waals surface area contributed by atoms with Crippen LogP contribution in [0.3, 0.4) is 0 Å². The predicted molar refractivity (Wildman–Crippen MR) is 81.5 cm³/mol. The maximum absolute atomic E-state index is 13.8. The molecule has 25 heavy (non-hydrogen) atoms. The number of hydrogen-bond donors (Lipinski definition) is 0. The first-order valence-electron chi connectivity index (χ1n) is 6.99. The number of fused-ring (bicyclic) bond motifs is 1. The van der Waals surface area contributed by atoms with Crippen LogP contribution in [0.1, 0.15) is 21.5 Å². The van der Waals surface area contributed by atoms with E-state index in [1.54, 1.807) is 6.07 Å². The summed E-state index contributed by atoms with van der Waals surface area (Å²) in [7, 11) is -3.85. The van der Waals surface area contributed by atoms with Crippen molar-refractivity contribution in [1.82, 2.24) is 4.98 Å². The van der Waals surface area contributed by atoms with Gasteiger partial charge in [0.15, 0.2) is 21.0 Å². The highest BCUT2D eigenvalue weighted by molar-refractivity contribution is 7.90. The molecule has 1 heterocycles. The van der Waals surface area contributed by atoms with Gasteiger partial charge in [-0.05, 0) is 12.1 Å². The summed E-state index contributed by atoms with van der Waals surface area (Å²) in [6.07, 6.45) is -0.364. The van der Waals surface area contributed by atoms with Crippen molar-refractivity contribution in [2.75, 3.05) is 6.26 Å². The second-order valence-corrected chi connectivity index (χ2v) is 7.41. The molecule has 2 aromatic rings. The van der Waals surface area contributed by atoms with E-state index in [2.05, 4.69) is 4.98 Å². The fourth-order valence-corrected chi connectivity index (χ4v) is 3.42. The van der Waals surface area contributed by atoms with Gasteiger partial charge in [-0.1, -0.05) is 0 Å². The maximum Gasteiger partial charge on any atom is 0.200 e. The lowest BCUT2D eigenvalue weighted by Gasteiger charge is -2.11. The van der Waals surface area contributed by atoms with Crippen molar-refractivity contribution in [3.8, 4) is 17.6 Å². The lowest BCUT2D eigenvalue weighted by molar-refractivity contribution is 0.0895. The van der Waals surface area contributed by atoms with Crippen LogP contribution in [-0.2, 0) is 16.3 Å². The maximum atomic E-state index is 13.8. The predicted octanol–water partition coefficient (Wildman–Crippen LogP) is 2.37. The minimum atomic E-state index is -3.85. The van der Waals surface area contributed by atoms with Crippen LogP contribution in [0.15, 0.2) is 29.4 Å². The molecule has 0 spiro atoms. The van der Waals surface area contributed by atoms with E-state index >= 15 is 0 Å². The average Bonchev–Trinajstić information content (AvgIpc) is 2.82. The molecule has 1 aliphatic carbocycles. The standard InChI is InChI=1S/C16H10F2N2O4S/c1-25(22,23)16-14-11(5-12(18)15(14)21)13(7-20-16)24-10-3-8(6-19)2-9(17)4-10/h2-4,7,12H,5H2,1H3. The molecule has 0 aliphatic heterocycles. The minimum absolute atomic E-state index is 0.00630. The SMILES string of the molecule is CS(=O)(=O)c1ncc(Oc2cc(F)cc(C#N)c2)c2c1C(=O)C(F)C2. The molecule has 128 valence electrons. The van der Waals surface area contributed by atoms with Crippen molar-refractivity contribution in [3.05, 3.63) is 46.9 Å². The first kappa shape index (κ1) is 17.0. The Hall–Kier alpha value is -2.86. The number of halogens is 2. The third-order valence-electron chi connectivity index (χ3n) is 3.61. The molecule has 0 N–H and O–H groups in total. The molecule has 0 saturated carbocycles. The summed E-state index contributed by atoms with van der Waals surface area (Å²) in [5, 5.41) is 8.34. The molecule has 1 aromatic heterocycles. The number of ether oxygens (including phenoxy) is 1. The molecule has 1 aliphatic rings. The van der Waals surface area contributed by atoms with E-state index < -0.39 is 32.6 Å². The van der Waals surface area contributed by atoms with Gasteiger partial charge in [0.1, 0.15) is 17.3 Å². The molecule has 1 aromatic carbocycles. The number of pyridine rings is 1. The number of nitrogens with zero attached hydrogens (tertiary/aromatic N) is 2. The van der Waals surface area contributed by atoms with Gasteiger partial charge in [0, 0.05) is 24.3 Å². The zero-order valence-corrected chi connectivity index (χ0v) is 13.6. The largest absolute Gasteiger partial charge is 0.455 e. The number of nitriles is 1. The number of alkyl halides is 1. The quantitative estimate of drug-likeness (QED) is 0.829. The van der Waals surface area contributed by atoms with E-state index in [9.17, 15) is 22.0 Å². The lowest BCUT2D eigenvalue weighted by Crippen LogP contribution is -2.13. The Morgan fingerprint density at radius 1 is 1.36 bits per heavy atom. The van der Waals surface area contributed by atoms with Gasteiger partial charge in [0.05, 0.1) is 23.4 Å². The topological polar surface area (TPSA) is 97.1 Å². The molecular weight excluding hydrogens is 354 g/mol. The summed E-state index contributed by atoms with van der Waals surface area (Å²) in [4.78, 5) is 15.7. The fraction of sp³-hybridized carbons (Fsp3) is 0.188. The normalized spacial score (nSPS) is 16.4. The molecule has 0 saturated heterocycles. The monoisotopic (exact) mass is 364 g/mol. The number of carbonyl (C=O) groups excluding carboxylic acids is 1. The summed E-state index contributed by atoms with van der Waals surface area (Å²) >= 11 is 0. The Morgan fingerprint density at radius 3 is 2.72 bits per heavy atom. The Kier molecular flexibility index (Phi) is 4.00. The van der Waals surface area contributed by atoms with Crippen LogP contribution >= 0.6 is 0 Å². The van der Waals surface area contributed by atoms with E-state index in [0.29, 0.717) is 0 Å². The van der Waals surface area contributed by atoms with E-state index in [0.717, 1.165) is 24.6 Å². The molecule has 0 fully saturated rings. The molecular formula is C16H10F2N2O4S. The average molecular weight is 364 g/mol. The number of rotatable bonds is 3. The van der Waals surface area contributed by atoms with Gasteiger partial charge >= 0.3 is 0 Å². The molecule has 3 rings (SSSR count). The zero-order valence-electron chi connectivity index (χ0n) is 12.8. The van der Waals surface area contributed by atoms with Crippen molar-refractivity contribution in [3.63, 3.8) is 0 Å². The highest BCUT2D eigenvalue weighted by Gasteiger charge is 2.38. The Morgan fingerprint density at radius 2 is 2.08 bits per heavy atom. The summed E-state index contributed by atoms with van der Waals surface area (Å²) in [5.74, 6) is -1.82. The molecule has 6 nitrogen and oxygen atoms in total. The molecule has 0 radical (unpaired) electrons. The summed E-state index contributed by atoms with van der Waals surface area (Å²) < 4.78 is 56.3. The van der Waals surface area contributed by atoms with Crippen molar-refractivity contribution in [2.24, 2.45) is 0 Å². The number of hydrogen-bond acceptors (Lipinski definition) is 6. The lowest BCUT2D eigenvalue weighted by atomic mass is 10.1. The summed E-state index contributed by atoms with van der Waals surface area (Å²) in [6, 6.07) is 5.02. The third kappa shape index (κ3) is 3.08. The second-order valence-electron chi connectivity index (χ2n) is 5.48. The second kappa shape index (κ2) is 5.89. The number of aromatic nitrogens is 1. The summed E-state index contributed by atoms with van der Waals surface area (Å²) in [6.45, 7) is 0. The number of carbonyl (C=O) groups is 1. The highest BCUT2D eigenvalue weighted by Crippen LogP contribution is 2.37. The van der Waals surface area contributed by atoms with Gasteiger partial charge in [-0.25, -0.2) is 22.2 Å². The van der Waals surface area contributed by atoms with Crippen molar-refractivity contribution in [2.45, 2.75) is 17.6 Å². The van der Waals surface area contributed by atoms with Gasteiger partial charge in [-0.2, -0.15) is 5.26 Å². The van der Waals surface area contributed by atoms with Crippen molar-refractivity contribution >= 4 is 15.6 Å². The molecule has 0 amide bonds. The number of benzene rings is 1. The fourth-order valence-electron chi connectivity index (χ4n) is 2.58. The van der Waals surface area contributed by atoms with Gasteiger partial charge in [0.25, 0.3) is 0 Å². The Bertz CT molecular complexity index is 1040. The Balaban J connectivity index is 2.13. The first-order valence-corrected chi connectivity index (χ1v) is 8.88. The van der Waals surface area contributed by atoms with Crippen LogP contribution in [0, 0.1) is 17.1 Å². The van der Waals surface area contributed by atoms with Crippen LogP contribution in [0.25, 0.3) is 0 Å². The van der Waals surface area contributed by atoms with Crippen LogP contribution in [0.4, 0.5) is 8.78 Å².